The molecule has 4 rings (SSSR count). The molecule has 180 valence electrons. The predicted octanol–water partition coefficient (Wildman–Crippen LogP) is 5.67. The van der Waals surface area contributed by atoms with Gasteiger partial charge < -0.3 is 19.8 Å². The lowest BCUT2D eigenvalue weighted by atomic mass is 10.0. The third-order valence-corrected chi connectivity index (χ3v) is 6.32. The molecule has 0 amide bonds. The molecule has 0 spiro atoms. The van der Waals surface area contributed by atoms with Crippen molar-refractivity contribution in [2.24, 2.45) is 0 Å². The van der Waals surface area contributed by atoms with Crippen LogP contribution in [0.1, 0.15) is 55.0 Å². The Morgan fingerprint density at radius 3 is 2.44 bits per heavy atom. The Labute approximate surface area is 202 Å². The quantitative estimate of drug-likeness (QED) is 0.387. The van der Waals surface area contributed by atoms with Crippen molar-refractivity contribution in [1.82, 2.24) is 4.98 Å². The summed E-state index contributed by atoms with van der Waals surface area (Å²) in [6.07, 6.45) is 7.18. The number of aryl methyl sites for hydroxylation is 3. The standard InChI is InChI=1S/C29H36N2O3/c1-2-8-22-12-14-23(15-13-22)16-17-26-29(30-20-24-9-4-3-5-10-24)27(32)19-28(31-26)34-21-25-11-6-7-18-33-25/h3-5,9-10,12-15,19,25,30H,2,6-8,11,16-18,20-21H2,1H3,(H,31,32). The Kier molecular flexibility index (Phi) is 8.80. The van der Waals surface area contributed by atoms with E-state index in [2.05, 4.69) is 53.6 Å². The zero-order valence-electron chi connectivity index (χ0n) is 20.1. The highest BCUT2D eigenvalue weighted by Gasteiger charge is 2.16. The van der Waals surface area contributed by atoms with Crippen LogP contribution in [-0.2, 0) is 30.5 Å². The minimum Gasteiger partial charge on any atom is -0.476 e. The van der Waals surface area contributed by atoms with Gasteiger partial charge in [0.25, 0.3) is 0 Å². The summed E-state index contributed by atoms with van der Waals surface area (Å²) >= 11 is 0. The van der Waals surface area contributed by atoms with Gasteiger partial charge in [0.1, 0.15) is 12.3 Å². The number of pyridine rings is 1. The summed E-state index contributed by atoms with van der Waals surface area (Å²) in [7, 11) is 0. The molecule has 0 bridgehead atoms. The second-order valence-corrected chi connectivity index (χ2v) is 9.06. The van der Waals surface area contributed by atoms with Gasteiger partial charge in [-0.15, -0.1) is 0 Å². The molecule has 34 heavy (non-hydrogen) atoms. The number of hydrogen-bond acceptors (Lipinski definition) is 4. The van der Waals surface area contributed by atoms with Crippen molar-refractivity contribution in [2.45, 2.75) is 64.5 Å². The van der Waals surface area contributed by atoms with Gasteiger partial charge in [0.15, 0.2) is 5.88 Å². The molecule has 1 aliphatic heterocycles. The number of anilines is 1. The third kappa shape index (κ3) is 6.97. The fourth-order valence-electron chi connectivity index (χ4n) is 4.38. The lowest BCUT2D eigenvalue weighted by molar-refractivity contribution is -0.0119. The lowest BCUT2D eigenvalue weighted by Crippen LogP contribution is -2.26. The van der Waals surface area contributed by atoms with Gasteiger partial charge in [0.05, 0.1) is 6.10 Å². The number of hydrogen-bond donors (Lipinski definition) is 2. The normalized spacial score (nSPS) is 15.7. The first-order valence-electron chi connectivity index (χ1n) is 12.6. The predicted molar refractivity (Wildman–Crippen MR) is 138 cm³/mol. The zero-order valence-corrected chi connectivity index (χ0v) is 20.1. The van der Waals surface area contributed by atoms with Crippen molar-refractivity contribution in [3.05, 3.63) is 93.3 Å². The largest absolute Gasteiger partial charge is 0.476 e. The summed E-state index contributed by atoms with van der Waals surface area (Å²) in [5.74, 6) is 0.512. The highest BCUT2D eigenvalue weighted by molar-refractivity contribution is 5.50. The van der Waals surface area contributed by atoms with E-state index in [1.807, 2.05) is 18.2 Å². The molecule has 0 aliphatic carbocycles. The Hall–Kier alpha value is -3.05. The number of ether oxygens (including phenoxy) is 2. The van der Waals surface area contributed by atoms with E-state index in [0.29, 0.717) is 24.7 Å². The van der Waals surface area contributed by atoms with E-state index < -0.39 is 0 Å². The average Bonchev–Trinajstić information content (AvgIpc) is 2.88. The average molecular weight is 461 g/mol. The van der Waals surface area contributed by atoms with Crippen LogP contribution in [0.5, 0.6) is 5.88 Å². The maximum Gasteiger partial charge on any atom is 0.208 e. The molecule has 2 N–H and O–H groups in total. The topological polar surface area (TPSA) is 63.4 Å². The Morgan fingerprint density at radius 1 is 0.971 bits per heavy atom. The van der Waals surface area contributed by atoms with Crippen LogP contribution in [0.15, 0.2) is 65.5 Å². The number of nitrogens with one attached hydrogen (secondary N) is 2. The number of aromatic amines is 1. The van der Waals surface area contributed by atoms with Crippen LogP contribution < -0.4 is 15.5 Å². The maximum absolute atomic E-state index is 13.1. The zero-order chi connectivity index (χ0) is 23.6. The summed E-state index contributed by atoms with van der Waals surface area (Å²) in [6, 6.07) is 20.5. The third-order valence-electron chi connectivity index (χ3n) is 6.32. The first-order valence-corrected chi connectivity index (χ1v) is 12.6. The van der Waals surface area contributed by atoms with Crippen LogP contribution in [0, 0.1) is 0 Å². The number of H-pyrrole nitrogens is 1. The molecule has 1 fully saturated rings. The van der Waals surface area contributed by atoms with Gasteiger partial charge in [-0.1, -0.05) is 67.9 Å². The molecule has 1 unspecified atom stereocenters. The number of benzene rings is 2. The van der Waals surface area contributed by atoms with Gasteiger partial charge in [0, 0.05) is 24.9 Å². The smallest absolute Gasteiger partial charge is 0.208 e. The molecule has 1 atom stereocenters. The summed E-state index contributed by atoms with van der Waals surface area (Å²) in [4.78, 5) is 16.5. The van der Waals surface area contributed by atoms with Gasteiger partial charge in [0.2, 0.25) is 5.43 Å². The van der Waals surface area contributed by atoms with Crippen molar-refractivity contribution in [3.63, 3.8) is 0 Å². The van der Waals surface area contributed by atoms with Crippen LogP contribution in [0.4, 0.5) is 5.69 Å². The van der Waals surface area contributed by atoms with Crippen LogP contribution in [0.2, 0.25) is 0 Å². The molecule has 0 saturated carbocycles. The Balaban J connectivity index is 1.49. The number of aromatic nitrogens is 1. The first kappa shape index (κ1) is 24.1. The molecule has 3 aromatic rings. The highest BCUT2D eigenvalue weighted by atomic mass is 16.5. The van der Waals surface area contributed by atoms with E-state index in [-0.39, 0.29) is 11.5 Å². The van der Waals surface area contributed by atoms with Crippen molar-refractivity contribution >= 4 is 5.69 Å². The van der Waals surface area contributed by atoms with E-state index in [1.165, 1.54) is 11.1 Å². The molecule has 5 heteroatoms. The van der Waals surface area contributed by atoms with Gasteiger partial charge in [-0.2, -0.15) is 0 Å². The highest BCUT2D eigenvalue weighted by Crippen LogP contribution is 2.19. The molecule has 1 aliphatic rings. The minimum absolute atomic E-state index is 0.0532. The van der Waals surface area contributed by atoms with E-state index in [4.69, 9.17) is 9.47 Å². The molecule has 5 nitrogen and oxygen atoms in total. The summed E-state index contributed by atoms with van der Waals surface area (Å²) in [5.41, 5.74) is 5.20. The van der Waals surface area contributed by atoms with Gasteiger partial charge in [-0.05, 0) is 55.2 Å². The van der Waals surface area contributed by atoms with Crippen LogP contribution in [-0.4, -0.2) is 24.3 Å². The fraction of sp³-hybridized carbons (Fsp3) is 0.414. The fourth-order valence-corrected chi connectivity index (χ4v) is 4.38. The van der Waals surface area contributed by atoms with Gasteiger partial charge in [-0.3, -0.25) is 4.79 Å². The van der Waals surface area contributed by atoms with Gasteiger partial charge >= 0.3 is 0 Å². The number of rotatable bonds is 11. The summed E-state index contributed by atoms with van der Waals surface area (Å²) in [6.45, 7) is 4.04. The van der Waals surface area contributed by atoms with E-state index in [1.54, 1.807) is 6.07 Å². The second-order valence-electron chi connectivity index (χ2n) is 9.06. The van der Waals surface area contributed by atoms with Crippen LogP contribution in [0.3, 0.4) is 0 Å². The molecule has 1 saturated heterocycles. The lowest BCUT2D eigenvalue weighted by Gasteiger charge is -2.23. The van der Waals surface area contributed by atoms with Gasteiger partial charge in [-0.25, -0.2) is 0 Å². The first-order chi connectivity index (χ1) is 16.7. The minimum atomic E-state index is -0.0532. The van der Waals surface area contributed by atoms with Crippen LogP contribution in [0.25, 0.3) is 0 Å². The summed E-state index contributed by atoms with van der Waals surface area (Å²) < 4.78 is 11.7. The van der Waals surface area contributed by atoms with E-state index in [0.717, 1.165) is 62.8 Å². The Morgan fingerprint density at radius 2 is 1.74 bits per heavy atom. The van der Waals surface area contributed by atoms with Crippen LogP contribution >= 0.6 is 0 Å². The summed E-state index contributed by atoms with van der Waals surface area (Å²) in [5, 5.41) is 3.37. The van der Waals surface area contributed by atoms with Crippen molar-refractivity contribution in [3.8, 4) is 5.88 Å². The molecular weight excluding hydrogens is 424 g/mol. The molecule has 0 radical (unpaired) electrons. The van der Waals surface area contributed by atoms with Crippen molar-refractivity contribution in [2.75, 3.05) is 18.5 Å². The van der Waals surface area contributed by atoms with Crippen molar-refractivity contribution in [1.29, 1.82) is 0 Å². The molecular formula is C29H36N2O3. The van der Waals surface area contributed by atoms with Crippen molar-refractivity contribution < 1.29 is 9.47 Å². The van der Waals surface area contributed by atoms with E-state index in [9.17, 15) is 4.79 Å². The monoisotopic (exact) mass is 460 g/mol. The van der Waals surface area contributed by atoms with E-state index >= 15 is 0 Å². The molecule has 2 aromatic carbocycles. The molecule has 1 aromatic heterocycles. The second kappa shape index (κ2) is 12.4. The SMILES string of the molecule is CCCc1ccc(CCc2[nH]c(OCC3CCCCO3)cc(=O)c2NCc2ccccc2)cc1. The maximum atomic E-state index is 13.1. The Bertz CT molecular complexity index is 1070. The molecule has 2 heterocycles.